The highest BCUT2D eigenvalue weighted by Gasteiger charge is 2.34. The number of aromatic nitrogens is 2. The van der Waals surface area contributed by atoms with Crippen molar-refractivity contribution in [2.24, 2.45) is 9.98 Å². The Bertz CT molecular complexity index is 932. The Kier molecular flexibility index (Phi) is 6.23. The molecule has 0 atom stereocenters. The van der Waals surface area contributed by atoms with Crippen molar-refractivity contribution in [3.63, 3.8) is 0 Å². The van der Waals surface area contributed by atoms with Gasteiger partial charge in [0.25, 0.3) is 0 Å². The van der Waals surface area contributed by atoms with E-state index in [1.54, 1.807) is 0 Å². The summed E-state index contributed by atoms with van der Waals surface area (Å²) < 4.78 is 54.1. The van der Waals surface area contributed by atoms with E-state index in [1.165, 1.54) is 29.1 Å². The van der Waals surface area contributed by atoms with Gasteiger partial charge in [-0.2, -0.15) is 18.4 Å². The Morgan fingerprint density at radius 2 is 2.15 bits per heavy atom. The maximum absolute atomic E-state index is 13.6. The number of nitrogens with zero attached hydrogens (tertiary/aromatic N) is 5. The van der Waals surface area contributed by atoms with Crippen molar-refractivity contribution in [1.29, 1.82) is 5.26 Å². The molecule has 1 aromatic carbocycles. The van der Waals surface area contributed by atoms with Gasteiger partial charge in [-0.05, 0) is 37.9 Å². The van der Waals surface area contributed by atoms with E-state index in [2.05, 4.69) is 21.7 Å². The zero-order valence-corrected chi connectivity index (χ0v) is 14.3. The molecule has 0 bridgehead atoms. The SMILES string of the molecule is C=N/C(=C\C=N/CC)n1c(CC#N)cnc1-c1ccc(F)c(C(F)(F)F)c1. The lowest BCUT2D eigenvalue weighted by Crippen LogP contribution is -2.09. The topological polar surface area (TPSA) is 66.3 Å². The largest absolute Gasteiger partial charge is 0.419 e. The van der Waals surface area contributed by atoms with E-state index in [1.807, 2.05) is 13.0 Å². The third-order valence-electron chi connectivity index (χ3n) is 3.53. The molecule has 0 saturated carbocycles. The minimum atomic E-state index is -4.85. The van der Waals surface area contributed by atoms with Gasteiger partial charge in [0.15, 0.2) is 0 Å². The zero-order chi connectivity index (χ0) is 20.0. The maximum Gasteiger partial charge on any atom is 0.419 e. The van der Waals surface area contributed by atoms with E-state index in [0.29, 0.717) is 18.3 Å². The molecular weight excluding hydrogens is 362 g/mol. The van der Waals surface area contributed by atoms with Crippen LogP contribution in [-0.2, 0) is 12.6 Å². The summed E-state index contributed by atoms with van der Waals surface area (Å²) in [5, 5.41) is 9.00. The molecule has 140 valence electrons. The quantitative estimate of drug-likeness (QED) is 0.554. The predicted molar refractivity (Wildman–Crippen MR) is 94.8 cm³/mol. The van der Waals surface area contributed by atoms with Gasteiger partial charge in [0, 0.05) is 18.3 Å². The van der Waals surface area contributed by atoms with Gasteiger partial charge in [-0.3, -0.25) is 9.56 Å². The fourth-order valence-corrected chi connectivity index (χ4v) is 2.36. The van der Waals surface area contributed by atoms with Gasteiger partial charge in [0.2, 0.25) is 0 Å². The normalized spacial score (nSPS) is 12.4. The summed E-state index contributed by atoms with van der Waals surface area (Å²) in [5.41, 5.74) is -0.982. The molecule has 0 fully saturated rings. The van der Waals surface area contributed by atoms with Crippen LogP contribution >= 0.6 is 0 Å². The molecule has 1 heterocycles. The number of hydrogen-bond donors (Lipinski definition) is 0. The van der Waals surface area contributed by atoms with Gasteiger partial charge < -0.3 is 0 Å². The van der Waals surface area contributed by atoms with Crippen LogP contribution in [0.1, 0.15) is 18.2 Å². The van der Waals surface area contributed by atoms with E-state index < -0.39 is 17.6 Å². The highest BCUT2D eigenvalue weighted by atomic mass is 19.4. The fourth-order valence-electron chi connectivity index (χ4n) is 2.36. The van der Waals surface area contributed by atoms with Gasteiger partial charge in [-0.15, -0.1) is 0 Å². The highest BCUT2D eigenvalue weighted by Crippen LogP contribution is 2.34. The molecule has 0 unspecified atom stereocenters. The molecule has 0 N–H and O–H groups in total. The Labute approximate surface area is 153 Å². The second-order valence-corrected chi connectivity index (χ2v) is 5.27. The average molecular weight is 377 g/mol. The lowest BCUT2D eigenvalue weighted by atomic mass is 10.1. The van der Waals surface area contributed by atoms with Crippen LogP contribution < -0.4 is 0 Å². The second kappa shape index (κ2) is 8.40. The van der Waals surface area contributed by atoms with Gasteiger partial charge in [0.05, 0.1) is 29.9 Å². The number of hydrogen-bond acceptors (Lipinski definition) is 4. The maximum atomic E-state index is 13.6. The third-order valence-corrected chi connectivity index (χ3v) is 3.53. The van der Waals surface area contributed by atoms with Crippen LogP contribution in [0.15, 0.2) is 40.5 Å². The molecule has 0 spiro atoms. The number of nitriles is 1. The van der Waals surface area contributed by atoms with Crippen molar-refractivity contribution >= 4 is 18.8 Å². The van der Waals surface area contributed by atoms with E-state index in [-0.39, 0.29) is 23.6 Å². The molecule has 0 radical (unpaired) electrons. The van der Waals surface area contributed by atoms with E-state index >= 15 is 0 Å². The molecule has 2 aromatic rings. The van der Waals surface area contributed by atoms with E-state index in [4.69, 9.17) is 5.26 Å². The van der Waals surface area contributed by atoms with E-state index in [0.717, 1.165) is 6.07 Å². The second-order valence-electron chi connectivity index (χ2n) is 5.27. The van der Waals surface area contributed by atoms with Crippen molar-refractivity contribution in [3.05, 3.63) is 47.5 Å². The highest BCUT2D eigenvalue weighted by molar-refractivity contribution is 5.81. The van der Waals surface area contributed by atoms with Gasteiger partial charge in [0.1, 0.15) is 17.5 Å². The number of rotatable bonds is 6. The van der Waals surface area contributed by atoms with Crippen molar-refractivity contribution in [2.75, 3.05) is 6.54 Å². The fraction of sp³-hybridized carbons (Fsp3) is 0.222. The Balaban J connectivity index is 2.69. The van der Waals surface area contributed by atoms with Crippen LogP contribution in [0, 0.1) is 17.1 Å². The summed E-state index contributed by atoms with van der Waals surface area (Å²) in [5.74, 6) is -1.08. The molecular formula is C18H15F4N5. The summed E-state index contributed by atoms with van der Waals surface area (Å²) in [6.45, 7) is 5.80. The molecule has 0 aliphatic carbocycles. The van der Waals surface area contributed by atoms with Crippen LogP contribution in [0.5, 0.6) is 0 Å². The summed E-state index contributed by atoms with van der Waals surface area (Å²) in [6, 6.07) is 4.54. The number of alkyl halides is 3. The molecule has 9 heteroatoms. The smallest absolute Gasteiger partial charge is 0.293 e. The lowest BCUT2D eigenvalue weighted by Gasteiger charge is -2.13. The van der Waals surface area contributed by atoms with Gasteiger partial charge >= 0.3 is 6.18 Å². The number of benzene rings is 1. The van der Waals surface area contributed by atoms with Crippen LogP contribution in [0.25, 0.3) is 17.2 Å². The predicted octanol–water partition coefficient (Wildman–Crippen LogP) is 4.36. The standard InChI is InChI=1S/C18H15F4N5/c1-3-25-9-7-16(24-2)27-13(6-8-23)11-26-17(27)12-4-5-15(19)14(10-12)18(20,21)22/h4-5,7,9-11H,2-3,6H2,1H3/b16-7+,25-9-. The monoisotopic (exact) mass is 377 g/mol. The molecule has 5 nitrogen and oxygen atoms in total. The first-order chi connectivity index (χ1) is 12.8. The van der Waals surface area contributed by atoms with Crippen LogP contribution in [-0.4, -0.2) is 29.0 Å². The Morgan fingerprint density at radius 1 is 1.41 bits per heavy atom. The first kappa shape index (κ1) is 20.0. The lowest BCUT2D eigenvalue weighted by molar-refractivity contribution is -0.139. The number of allylic oxidation sites excluding steroid dienone is 1. The number of halogens is 4. The van der Waals surface area contributed by atoms with Crippen molar-refractivity contribution in [2.45, 2.75) is 19.5 Å². The Hall–Kier alpha value is -3.28. The Morgan fingerprint density at radius 3 is 2.74 bits per heavy atom. The average Bonchev–Trinajstić information content (AvgIpc) is 3.02. The molecule has 0 aliphatic heterocycles. The molecule has 0 saturated heterocycles. The third kappa shape index (κ3) is 4.47. The van der Waals surface area contributed by atoms with Gasteiger partial charge in [-0.25, -0.2) is 14.4 Å². The van der Waals surface area contributed by atoms with Gasteiger partial charge in [-0.1, -0.05) is 0 Å². The first-order valence-corrected chi connectivity index (χ1v) is 7.81. The van der Waals surface area contributed by atoms with Crippen molar-refractivity contribution < 1.29 is 17.6 Å². The zero-order valence-electron chi connectivity index (χ0n) is 14.3. The van der Waals surface area contributed by atoms with Crippen molar-refractivity contribution in [1.82, 2.24) is 9.55 Å². The molecule has 27 heavy (non-hydrogen) atoms. The van der Waals surface area contributed by atoms with Crippen LogP contribution in [0.4, 0.5) is 17.6 Å². The molecule has 1 aromatic heterocycles. The summed E-state index contributed by atoms with van der Waals surface area (Å²) in [6.07, 6.45) is -0.591. The summed E-state index contributed by atoms with van der Waals surface area (Å²) in [7, 11) is 0. The first-order valence-electron chi connectivity index (χ1n) is 7.81. The van der Waals surface area contributed by atoms with Crippen LogP contribution in [0.2, 0.25) is 0 Å². The molecule has 2 rings (SSSR count). The minimum absolute atomic E-state index is 0.0231. The molecule has 0 aliphatic rings. The summed E-state index contributed by atoms with van der Waals surface area (Å²) in [4.78, 5) is 12.0. The summed E-state index contributed by atoms with van der Waals surface area (Å²) >= 11 is 0. The molecule has 0 amide bonds. The number of imidazole rings is 1. The number of aliphatic imine (C=N–C) groups is 2. The van der Waals surface area contributed by atoms with Crippen LogP contribution in [0.3, 0.4) is 0 Å². The van der Waals surface area contributed by atoms with Crippen molar-refractivity contribution in [3.8, 4) is 17.5 Å². The minimum Gasteiger partial charge on any atom is -0.293 e. The van der Waals surface area contributed by atoms with E-state index in [9.17, 15) is 17.6 Å².